The lowest BCUT2D eigenvalue weighted by Crippen LogP contribution is -2.22. The van der Waals surface area contributed by atoms with Crippen LogP contribution in [0.2, 0.25) is 0 Å². The Morgan fingerprint density at radius 3 is 2.85 bits per heavy atom. The normalized spacial score (nSPS) is 11.3. The minimum Gasteiger partial charge on any atom is -0.345 e. The number of fused-ring (bicyclic) bond motifs is 2. The van der Waals surface area contributed by atoms with E-state index >= 15 is 0 Å². The van der Waals surface area contributed by atoms with Crippen LogP contribution in [0.4, 0.5) is 5.95 Å². The second-order valence-corrected chi connectivity index (χ2v) is 4.85. The van der Waals surface area contributed by atoms with Gasteiger partial charge in [-0.2, -0.15) is 0 Å². The zero-order chi connectivity index (χ0) is 14.3. The second kappa shape index (κ2) is 4.44. The standard InChI is InChI=1S/C13H13N5O2/c1-6(2)11(19)17-13-16-8-4-10-9(14-5-15-10)3-7(8)12(20)18-13/h3-6H,1-2H3,(H,14,15)(H2,16,17,18,19,20). The molecule has 0 radical (unpaired) electrons. The molecule has 0 bridgehead atoms. The summed E-state index contributed by atoms with van der Waals surface area (Å²) in [6, 6.07) is 3.40. The Labute approximate surface area is 113 Å². The van der Waals surface area contributed by atoms with Gasteiger partial charge in [-0.1, -0.05) is 13.8 Å². The number of rotatable bonds is 2. The number of H-pyrrole nitrogens is 2. The number of aromatic nitrogens is 4. The first kappa shape index (κ1) is 12.3. The van der Waals surface area contributed by atoms with Crippen LogP contribution in [0.15, 0.2) is 23.3 Å². The average Bonchev–Trinajstić information content (AvgIpc) is 2.83. The molecule has 102 valence electrons. The maximum absolute atomic E-state index is 12.0. The van der Waals surface area contributed by atoms with E-state index in [0.29, 0.717) is 10.9 Å². The molecule has 1 amide bonds. The summed E-state index contributed by atoms with van der Waals surface area (Å²) in [5.74, 6) is -0.241. The Morgan fingerprint density at radius 2 is 2.10 bits per heavy atom. The van der Waals surface area contributed by atoms with E-state index in [1.807, 2.05) is 0 Å². The lowest BCUT2D eigenvalue weighted by atomic mass is 10.2. The molecule has 7 heteroatoms. The van der Waals surface area contributed by atoms with Crippen molar-refractivity contribution < 1.29 is 4.79 Å². The van der Waals surface area contributed by atoms with Crippen molar-refractivity contribution in [3.05, 3.63) is 28.8 Å². The Morgan fingerprint density at radius 1 is 1.30 bits per heavy atom. The van der Waals surface area contributed by atoms with Crippen molar-refractivity contribution in [1.82, 2.24) is 19.9 Å². The minimum atomic E-state index is -0.300. The number of hydrogen-bond donors (Lipinski definition) is 3. The molecule has 3 N–H and O–H groups in total. The maximum Gasteiger partial charge on any atom is 0.260 e. The van der Waals surface area contributed by atoms with Gasteiger partial charge in [-0.15, -0.1) is 0 Å². The van der Waals surface area contributed by atoms with Crippen LogP contribution in [0.5, 0.6) is 0 Å². The van der Waals surface area contributed by atoms with Crippen LogP contribution in [0.3, 0.4) is 0 Å². The van der Waals surface area contributed by atoms with Crippen LogP contribution in [-0.4, -0.2) is 25.8 Å². The first-order valence-corrected chi connectivity index (χ1v) is 6.22. The number of carbonyl (C=O) groups is 1. The number of amides is 1. The number of carbonyl (C=O) groups excluding carboxylic acids is 1. The molecule has 0 aliphatic carbocycles. The minimum absolute atomic E-state index is 0.149. The molecular formula is C13H13N5O2. The second-order valence-electron chi connectivity index (χ2n) is 4.85. The number of nitrogens with one attached hydrogen (secondary N) is 3. The molecule has 0 fully saturated rings. The van der Waals surface area contributed by atoms with Gasteiger partial charge in [0.25, 0.3) is 5.56 Å². The van der Waals surface area contributed by atoms with Crippen LogP contribution in [0, 0.1) is 5.92 Å². The number of hydrogen-bond acceptors (Lipinski definition) is 4. The molecule has 7 nitrogen and oxygen atoms in total. The summed E-state index contributed by atoms with van der Waals surface area (Å²) in [5.41, 5.74) is 1.68. The highest BCUT2D eigenvalue weighted by atomic mass is 16.2. The monoisotopic (exact) mass is 271 g/mol. The number of anilines is 1. The van der Waals surface area contributed by atoms with Crippen molar-refractivity contribution in [3.63, 3.8) is 0 Å². The van der Waals surface area contributed by atoms with Crippen LogP contribution in [-0.2, 0) is 4.79 Å². The predicted molar refractivity (Wildman–Crippen MR) is 75.5 cm³/mol. The summed E-state index contributed by atoms with van der Waals surface area (Å²) in [6.45, 7) is 3.53. The van der Waals surface area contributed by atoms with Gasteiger partial charge >= 0.3 is 0 Å². The quantitative estimate of drug-likeness (QED) is 0.655. The topological polar surface area (TPSA) is 104 Å². The van der Waals surface area contributed by atoms with Gasteiger partial charge in [0.1, 0.15) is 0 Å². The van der Waals surface area contributed by atoms with Gasteiger partial charge in [0.15, 0.2) is 0 Å². The molecule has 2 heterocycles. The van der Waals surface area contributed by atoms with E-state index in [1.54, 1.807) is 32.3 Å². The van der Waals surface area contributed by atoms with E-state index < -0.39 is 0 Å². The molecule has 3 rings (SSSR count). The summed E-state index contributed by atoms with van der Waals surface area (Å²) in [7, 11) is 0. The number of benzene rings is 1. The van der Waals surface area contributed by atoms with Crippen molar-refractivity contribution in [2.24, 2.45) is 5.92 Å². The third-order valence-electron chi connectivity index (χ3n) is 3.01. The molecule has 20 heavy (non-hydrogen) atoms. The summed E-state index contributed by atoms with van der Waals surface area (Å²) in [4.78, 5) is 37.5. The van der Waals surface area contributed by atoms with E-state index in [4.69, 9.17) is 0 Å². The van der Waals surface area contributed by atoms with Gasteiger partial charge in [-0.05, 0) is 12.1 Å². The molecule has 1 aromatic carbocycles. The number of aromatic amines is 2. The van der Waals surface area contributed by atoms with Crippen molar-refractivity contribution in [1.29, 1.82) is 0 Å². The average molecular weight is 271 g/mol. The first-order chi connectivity index (χ1) is 9.54. The Hall–Kier alpha value is -2.70. The summed E-state index contributed by atoms with van der Waals surface area (Å²) in [5, 5.41) is 3.03. The third kappa shape index (κ3) is 2.03. The van der Waals surface area contributed by atoms with E-state index in [-0.39, 0.29) is 23.3 Å². The van der Waals surface area contributed by atoms with E-state index in [9.17, 15) is 9.59 Å². The molecule has 0 saturated heterocycles. The van der Waals surface area contributed by atoms with Crippen LogP contribution in [0.25, 0.3) is 21.9 Å². The fraction of sp³-hybridized carbons (Fsp3) is 0.231. The lowest BCUT2D eigenvalue weighted by molar-refractivity contribution is -0.118. The fourth-order valence-electron chi connectivity index (χ4n) is 1.89. The number of imidazole rings is 1. The predicted octanol–water partition coefficient (Wildman–Crippen LogP) is 1.39. The number of nitrogens with zero attached hydrogens (tertiary/aromatic N) is 2. The van der Waals surface area contributed by atoms with Crippen molar-refractivity contribution in [2.45, 2.75) is 13.8 Å². The molecule has 2 aromatic heterocycles. The maximum atomic E-state index is 12.0. The fourth-order valence-corrected chi connectivity index (χ4v) is 1.89. The molecule has 0 saturated carbocycles. The van der Waals surface area contributed by atoms with Crippen LogP contribution in [0.1, 0.15) is 13.8 Å². The van der Waals surface area contributed by atoms with Gasteiger partial charge in [-0.3, -0.25) is 19.9 Å². The molecule has 0 unspecified atom stereocenters. The van der Waals surface area contributed by atoms with Gasteiger partial charge in [0, 0.05) is 5.92 Å². The van der Waals surface area contributed by atoms with Crippen molar-refractivity contribution in [2.75, 3.05) is 5.32 Å². The van der Waals surface area contributed by atoms with E-state index in [1.165, 1.54) is 0 Å². The summed E-state index contributed by atoms with van der Waals surface area (Å²) < 4.78 is 0. The largest absolute Gasteiger partial charge is 0.345 e. The molecule has 0 spiro atoms. The Kier molecular flexibility index (Phi) is 2.74. The third-order valence-corrected chi connectivity index (χ3v) is 3.01. The van der Waals surface area contributed by atoms with Gasteiger partial charge in [-0.25, -0.2) is 9.97 Å². The molecular weight excluding hydrogens is 258 g/mol. The van der Waals surface area contributed by atoms with Gasteiger partial charge < -0.3 is 4.98 Å². The molecule has 0 aliphatic rings. The van der Waals surface area contributed by atoms with E-state index in [2.05, 4.69) is 25.3 Å². The molecule has 0 atom stereocenters. The SMILES string of the molecule is CC(C)C(=O)Nc1nc2cc3nc[nH]c3cc2c(=O)[nH]1. The van der Waals surface area contributed by atoms with E-state index in [0.717, 1.165) is 11.0 Å². The first-order valence-electron chi connectivity index (χ1n) is 6.22. The Balaban J connectivity index is 2.15. The zero-order valence-electron chi connectivity index (χ0n) is 11.0. The lowest BCUT2D eigenvalue weighted by Gasteiger charge is -2.07. The van der Waals surface area contributed by atoms with Crippen molar-refractivity contribution in [3.8, 4) is 0 Å². The summed E-state index contributed by atoms with van der Waals surface area (Å²) >= 11 is 0. The van der Waals surface area contributed by atoms with Gasteiger partial charge in [0.2, 0.25) is 11.9 Å². The summed E-state index contributed by atoms with van der Waals surface area (Å²) in [6.07, 6.45) is 1.55. The zero-order valence-corrected chi connectivity index (χ0v) is 11.0. The highest BCUT2D eigenvalue weighted by molar-refractivity contribution is 5.94. The highest BCUT2D eigenvalue weighted by Gasteiger charge is 2.11. The van der Waals surface area contributed by atoms with Crippen molar-refractivity contribution >= 4 is 33.8 Å². The van der Waals surface area contributed by atoms with Crippen LogP contribution < -0.4 is 10.9 Å². The molecule has 0 aliphatic heterocycles. The smallest absolute Gasteiger partial charge is 0.260 e. The van der Waals surface area contributed by atoms with Crippen LogP contribution >= 0.6 is 0 Å². The molecule has 3 aromatic rings. The Bertz CT molecular complexity index is 862. The highest BCUT2D eigenvalue weighted by Crippen LogP contribution is 2.16. The van der Waals surface area contributed by atoms with Gasteiger partial charge in [0.05, 0.1) is 28.3 Å².